The van der Waals surface area contributed by atoms with Crippen molar-refractivity contribution < 1.29 is 8.42 Å². The average Bonchev–Trinajstić information content (AvgIpc) is 2.78. The monoisotopic (exact) mass is 324 g/mol. The number of rotatable bonds is 4. The lowest BCUT2D eigenvalue weighted by molar-refractivity contribution is 0.156. The third-order valence-corrected chi connectivity index (χ3v) is 7.94. The van der Waals surface area contributed by atoms with Crippen LogP contribution in [-0.2, 0) is 9.84 Å². The average molecular weight is 325 g/mol. The van der Waals surface area contributed by atoms with Crippen molar-refractivity contribution in [2.75, 3.05) is 38.5 Å². The Bertz CT molecular complexity index is 415. The maximum Gasteiger partial charge on any atom is 0.158 e. The van der Waals surface area contributed by atoms with Crippen molar-refractivity contribution in [1.29, 1.82) is 0 Å². The fourth-order valence-corrected chi connectivity index (χ4v) is 5.83. The summed E-state index contributed by atoms with van der Waals surface area (Å²) in [6, 6.07) is 0. The van der Waals surface area contributed by atoms with Crippen LogP contribution in [0, 0.1) is 5.41 Å². The van der Waals surface area contributed by atoms with Gasteiger partial charge in [0.25, 0.3) is 0 Å². The van der Waals surface area contributed by atoms with Crippen LogP contribution in [0.2, 0.25) is 0 Å². The van der Waals surface area contributed by atoms with Gasteiger partial charge >= 0.3 is 0 Å². The van der Waals surface area contributed by atoms with Crippen molar-refractivity contribution >= 4 is 22.2 Å². The highest BCUT2D eigenvalue weighted by Crippen LogP contribution is 2.34. The molecule has 0 radical (unpaired) electrons. The quantitative estimate of drug-likeness (QED) is 0.855. The van der Waals surface area contributed by atoms with Gasteiger partial charge in [-0.05, 0) is 31.2 Å². The van der Waals surface area contributed by atoms with E-state index in [0.29, 0.717) is 17.7 Å². The molecular formula is C14H29ClN2O2S. The van der Waals surface area contributed by atoms with E-state index >= 15 is 0 Å². The number of hydrogen-bond donors (Lipinski definition) is 1. The first kappa shape index (κ1) is 18.2. The first-order chi connectivity index (χ1) is 8.86. The lowest BCUT2D eigenvalue weighted by atomic mass is 9.88. The van der Waals surface area contributed by atoms with E-state index in [4.69, 9.17) is 0 Å². The molecule has 0 bridgehead atoms. The largest absolute Gasteiger partial charge is 0.316 e. The van der Waals surface area contributed by atoms with Gasteiger partial charge in [-0.25, -0.2) is 8.42 Å². The van der Waals surface area contributed by atoms with E-state index in [0.717, 1.165) is 39.0 Å². The molecule has 0 aromatic heterocycles. The van der Waals surface area contributed by atoms with Crippen molar-refractivity contribution in [3.8, 4) is 0 Å². The summed E-state index contributed by atoms with van der Waals surface area (Å²) in [5.74, 6) is 0.332. The van der Waals surface area contributed by atoms with Crippen LogP contribution in [0.4, 0.5) is 0 Å². The first-order valence-electron chi connectivity index (χ1n) is 7.52. The molecule has 2 rings (SSSR count). The molecule has 0 saturated carbocycles. The summed E-state index contributed by atoms with van der Waals surface area (Å²) in [6.07, 6.45) is 2.66. The SMILES string of the molecule is CCC1(CC)CN(CC2(C)CCNC2)CCS1(=O)=O.Cl. The van der Waals surface area contributed by atoms with E-state index in [-0.39, 0.29) is 12.4 Å². The molecule has 0 amide bonds. The molecule has 0 aromatic rings. The molecule has 0 aromatic carbocycles. The topological polar surface area (TPSA) is 49.4 Å². The summed E-state index contributed by atoms with van der Waals surface area (Å²) in [4.78, 5) is 2.39. The molecule has 120 valence electrons. The predicted octanol–water partition coefficient (Wildman–Crippen LogP) is 1.70. The molecule has 1 N–H and O–H groups in total. The van der Waals surface area contributed by atoms with Crippen molar-refractivity contribution in [1.82, 2.24) is 10.2 Å². The molecule has 1 unspecified atom stereocenters. The summed E-state index contributed by atoms with van der Waals surface area (Å²) in [7, 11) is -2.93. The van der Waals surface area contributed by atoms with E-state index in [1.807, 2.05) is 13.8 Å². The zero-order chi connectivity index (χ0) is 14.1. The standard InChI is InChI=1S/C14H28N2O2S.ClH/c1-4-14(5-2)12-16(8-9-19(14,17)18)11-13(3)6-7-15-10-13;/h15H,4-12H2,1-3H3;1H. The van der Waals surface area contributed by atoms with Gasteiger partial charge < -0.3 is 10.2 Å². The van der Waals surface area contributed by atoms with Gasteiger partial charge in [0.05, 0.1) is 10.5 Å². The van der Waals surface area contributed by atoms with E-state index in [1.54, 1.807) is 0 Å². The molecule has 2 aliphatic rings. The molecule has 4 nitrogen and oxygen atoms in total. The zero-order valence-electron chi connectivity index (χ0n) is 12.9. The molecule has 1 atom stereocenters. The van der Waals surface area contributed by atoms with Gasteiger partial charge in [0.2, 0.25) is 0 Å². The second kappa shape index (κ2) is 6.51. The minimum atomic E-state index is -2.93. The van der Waals surface area contributed by atoms with Gasteiger partial charge in [-0.3, -0.25) is 0 Å². The zero-order valence-corrected chi connectivity index (χ0v) is 14.6. The summed E-state index contributed by atoms with van der Waals surface area (Å²) in [6.45, 7) is 11.0. The summed E-state index contributed by atoms with van der Waals surface area (Å²) in [5, 5.41) is 3.42. The normalized spacial score (nSPS) is 32.8. The Balaban J connectivity index is 0.00000200. The van der Waals surface area contributed by atoms with E-state index in [9.17, 15) is 8.42 Å². The van der Waals surface area contributed by atoms with Crippen LogP contribution in [0.5, 0.6) is 0 Å². The number of hydrogen-bond acceptors (Lipinski definition) is 4. The smallest absolute Gasteiger partial charge is 0.158 e. The Morgan fingerprint density at radius 3 is 2.40 bits per heavy atom. The maximum atomic E-state index is 12.4. The van der Waals surface area contributed by atoms with Crippen LogP contribution in [0.15, 0.2) is 0 Å². The number of sulfone groups is 1. The van der Waals surface area contributed by atoms with Gasteiger partial charge in [-0.15, -0.1) is 12.4 Å². The van der Waals surface area contributed by atoms with Crippen LogP contribution < -0.4 is 5.32 Å². The molecule has 20 heavy (non-hydrogen) atoms. The number of nitrogens with zero attached hydrogens (tertiary/aromatic N) is 1. The number of halogens is 1. The fraction of sp³-hybridized carbons (Fsp3) is 1.00. The highest BCUT2D eigenvalue weighted by atomic mass is 35.5. The van der Waals surface area contributed by atoms with Crippen LogP contribution in [0.1, 0.15) is 40.0 Å². The highest BCUT2D eigenvalue weighted by Gasteiger charge is 2.46. The third kappa shape index (κ3) is 3.32. The molecule has 0 spiro atoms. The first-order valence-corrected chi connectivity index (χ1v) is 9.17. The summed E-state index contributed by atoms with van der Waals surface area (Å²) >= 11 is 0. The van der Waals surface area contributed by atoms with Crippen molar-refractivity contribution in [2.24, 2.45) is 5.41 Å². The fourth-order valence-electron chi connectivity index (χ4n) is 3.64. The van der Waals surface area contributed by atoms with Crippen molar-refractivity contribution in [3.63, 3.8) is 0 Å². The van der Waals surface area contributed by atoms with Gasteiger partial charge in [0.1, 0.15) is 0 Å². The minimum absolute atomic E-state index is 0. The van der Waals surface area contributed by atoms with Crippen LogP contribution >= 0.6 is 12.4 Å². The van der Waals surface area contributed by atoms with Crippen LogP contribution in [0.3, 0.4) is 0 Å². The lowest BCUT2D eigenvalue weighted by Crippen LogP contribution is -2.57. The molecule has 2 aliphatic heterocycles. The lowest BCUT2D eigenvalue weighted by Gasteiger charge is -2.43. The van der Waals surface area contributed by atoms with Gasteiger partial charge in [0, 0.05) is 26.2 Å². The molecule has 2 saturated heterocycles. The predicted molar refractivity (Wildman–Crippen MR) is 86.4 cm³/mol. The molecule has 2 fully saturated rings. The summed E-state index contributed by atoms with van der Waals surface area (Å²) in [5.41, 5.74) is 0.314. The summed E-state index contributed by atoms with van der Waals surface area (Å²) < 4.78 is 24.3. The van der Waals surface area contributed by atoms with Crippen LogP contribution in [-0.4, -0.2) is 56.5 Å². The van der Waals surface area contributed by atoms with Crippen molar-refractivity contribution in [2.45, 2.75) is 44.8 Å². The molecule has 6 heteroatoms. The molecule has 0 aliphatic carbocycles. The van der Waals surface area contributed by atoms with Gasteiger partial charge in [-0.2, -0.15) is 0 Å². The van der Waals surface area contributed by atoms with E-state index in [2.05, 4.69) is 17.1 Å². The Kier molecular flexibility index (Phi) is 5.93. The van der Waals surface area contributed by atoms with E-state index in [1.165, 1.54) is 6.42 Å². The second-order valence-electron chi connectivity index (χ2n) is 6.66. The Morgan fingerprint density at radius 1 is 1.25 bits per heavy atom. The Morgan fingerprint density at radius 2 is 1.90 bits per heavy atom. The Labute approximate surface area is 130 Å². The second-order valence-corrected chi connectivity index (χ2v) is 9.16. The highest BCUT2D eigenvalue weighted by molar-refractivity contribution is 7.92. The van der Waals surface area contributed by atoms with E-state index < -0.39 is 14.6 Å². The minimum Gasteiger partial charge on any atom is -0.316 e. The molecule has 2 heterocycles. The molecular weight excluding hydrogens is 296 g/mol. The maximum absolute atomic E-state index is 12.4. The third-order valence-electron chi connectivity index (χ3n) is 5.20. The van der Waals surface area contributed by atoms with Crippen LogP contribution in [0.25, 0.3) is 0 Å². The van der Waals surface area contributed by atoms with Gasteiger partial charge in [-0.1, -0.05) is 20.8 Å². The van der Waals surface area contributed by atoms with Gasteiger partial charge in [0.15, 0.2) is 9.84 Å². The van der Waals surface area contributed by atoms with Crippen molar-refractivity contribution in [3.05, 3.63) is 0 Å². The number of nitrogens with one attached hydrogen (secondary N) is 1. The Hall–Kier alpha value is 0.160.